The Bertz CT molecular complexity index is 237. The quantitative estimate of drug-likeness (QED) is 0.841. The van der Waals surface area contributed by atoms with E-state index in [4.69, 9.17) is 5.73 Å². The molecule has 0 aromatic heterocycles. The van der Waals surface area contributed by atoms with Gasteiger partial charge in [-0.25, -0.2) is 0 Å². The van der Waals surface area contributed by atoms with Gasteiger partial charge in [-0.3, -0.25) is 4.90 Å². The van der Waals surface area contributed by atoms with Crippen LogP contribution in [0.3, 0.4) is 0 Å². The van der Waals surface area contributed by atoms with Gasteiger partial charge in [0.05, 0.1) is 0 Å². The first kappa shape index (κ1) is 13.1. The standard InChI is InChI=1S/C12H24N2S2/c1-3-11-7-14(4-5-15-11)12(8-13)6-10(2)16-9-12/h10-11H,3-9,13H2,1-2H3. The molecule has 3 atom stereocenters. The highest BCUT2D eigenvalue weighted by Crippen LogP contribution is 2.40. The van der Waals surface area contributed by atoms with Crippen LogP contribution in [0.15, 0.2) is 0 Å². The summed E-state index contributed by atoms with van der Waals surface area (Å²) in [6.07, 6.45) is 2.58. The largest absolute Gasteiger partial charge is 0.329 e. The van der Waals surface area contributed by atoms with Crippen LogP contribution in [0.5, 0.6) is 0 Å². The van der Waals surface area contributed by atoms with Crippen molar-refractivity contribution in [2.75, 3.05) is 31.1 Å². The molecule has 0 aromatic carbocycles. The van der Waals surface area contributed by atoms with Crippen molar-refractivity contribution in [3.8, 4) is 0 Å². The van der Waals surface area contributed by atoms with Crippen molar-refractivity contribution in [1.82, 2.24) is 4.90 Å². The molecular weight excluding hydrogens is 236 g/mol. The topological polar surface area (TPSA) is 29.3 Å². The third kappa shape index (κ3) is 2.55. The first-order valence-electron chi connectivity index (χ1n) is 6.38. The van der Waals surface area contributed by atoms with E-state index in [9.17, 15) is 0 Å². The van der Waals surface area contributed by atoms with E-state index in [-0.39, 0.29) is 0 Å². The minimum Gasteiger partial charge on any atom is -0.329 e. The molecule has 94 valence electrons. The number of hydrogen-bond donors (Lipinski definition) is 1. The lowest BCUT2D eigenvalue weighted by molar-refractivity contribution is 0.116. The molecule has 0 bridgehead atoms. The summed E-state index contributed by atoms with van der Waals surface area (Å²) in [5, 5.41) is 1.62. The van der Waals surface area contributed by atoms with Crippen LogP contribution < -0.4 is 5.73 Å². The fraction of sp³-hybridized carbons (Fsp3) is 1.00. The van der Waals surface area contributed by atoms with E-state index in [1.807, 2.05) is 0 Å². The van der Waals surface area contributed by atoms with E-state index in [1.54, 1.807) is 0 Å². The van der Waals surface area contributed by atoms with Gasteiger partial charge in [0.25, 0.3) is 0 Å². The first-order chi connectivity index (χ1) is 7.70. The van der Waals surface area contributed by atoms with Gasteiger partial charge < -0.3 is 5.73 Å². The second kappa shape index (κ2) is 5.51. The third-order valence-corrected chi connectivity index (χ3v) is 6.76. The summed E-state index contributed by atoms with van der Waals surface area (Å²) < 4.78 is 0. The Labute approximate surface area is 108 Å². The number of hydrogen-bond acceptors (Lipinski definition) is 4. The Balaban J connectivity index is 2.03. The van der Waals surface area contributed by atoms with Gasteiger partial charge in [-0.1, -0.05) is 13.8 Å². The molecule has 0 saturated carbocycles. The molecule has 0 radical (unpaired) electrons. The summed E-state index contributed by atoms with van der Waals surface area (Å²) in [6.45, 7) is 7.99. The Morgan fingerprint density at radius 2 is 2.25 bits per heavy atom. The molecule has 2 rings (SSSR count). The predicted molar refractivity (Wildman–Crippen MR) is 76.4 cm³/mol. The first-order valence-corrected chi connectivity index (χ1v) is 8.48. The van der Waals surface area contributed by atoms with E-state index in [2.05, 4.69) is 42.3 Å². The number of nitrogens with two attached hydrogens (primary N) is 1. The molecule has 0 amide bonds. The van der Waals surface area contributed by atoms with Crippen molar-refractivity contribution < 1.29 is 0 Å². The van der Waals surface area contributed by atoms with Crippen molar-refractivity contribution in [3.05, 3.63) is 0 Å². The molecule has 4 heteroatoms. The van der Waals surface area contributed by atoms with Crippen molar-refractivity contribution in [3.63, 3.8) is 0 Å². The van der Waals surface area contributed by atoms with Crippen molar-refractivity contribution in [1.29, 1.82) is 0 Å². The monoisotopic (exact) mass is 260 g/mol. The summed E-state index contributed by atoms with van der Waals surface area (Å²) in [7, 11) is 0. The van der Waals surface area contributed by atoms with E-state index in [0.29, 0.717) is 5.54 Å². The van der Waals surface area contributed by atoms with E-state index < -0.39 is 0 Å². The summed E-state index contributed by atoms with van der Waals surface area (Å²) in [5.74, 6) is 2.53. The molecule has 0 spiro atoms. The molecular formula is C12H24N2S2. The van der Waals surface area contributed by atoms with E-state index >= 15 is 0 Å². The summed E-state index contributed by atoms with van der Waals surface area (Å²) in [5.41, 5.74) is 6.40. The average molecular weight is 260 g/mol. The zero-order valence-electron chi connectivity index (χ0n) is 10.4. The Morgan fingerprint density at radius 3 is 2.81 bits per heavy atom. The van der Waals surface area contributed by atoms with Gasteiger partial charge in [-0.15, -0.1) is 0 Å². The van der Waals surface area contributed by atoms with Gasteiger partial charge in [-0.2, -0.15) is 23.5 Å². The van der Waals surface area contributed by atoms with Gasteiger partial charge in [-0.05, 0) is 12.8 Å². The van der Waals surface area contributed by atoms with Crippen LogP contribution in [0.1, 0.15) is 26.7 Å². The molecule has 2 saturated heterocycles. The predicted octanol–water partition coefficient (Wildman–Crippen LogP) is 2.04. The fourth-order valence-corrected chi connectivity index (χ4v) is 5.46. The fourth-order valence-electron chi connectivity index (χ4n) is 2.84. The molecule has 16 heavy (non-hydrogen) atoms. The van der Waals surface area contributed by atoms with Gasteiger partial charge in [0.2, 0.25) is 0 Å². The number of rotatable bonds is 3. The van der Waals surface area contributed by atoms with Gasteiger partial charge >= 0.3 is 0 Å². The van der Waals surface area contributed by atoms with Gasteiger partial charge in [0, 0.05) is 47.2 Å². The lowest BCUT2D eigenvalue weighted by atomic mass is 9.93. The van der Waals surface area contributed by atoms with E-state index in [0.717, 1.165) is 17.0 Å². The van der Waals surface area contributed by atoms with Crippen LogP contribution in [0.4, 0.5) is 0 Å². The Hall–Kier alpha value is 0.620. The van der Waals surface area contributed by atoms with Crippen molar-refractivity contribution in [2.24, 2.45) is 5.73 Å². The Kier molecular flexibility index (Phi) is 4.50. The SMILES string of the molecule is CCC1CN(C2(CN)CSC(C)C2)CCS1. The summed E-state index contributed by atoms with van der Waals surface area (Å²) in [6, 6.07) is 0. The van der Waals surface area contributed by atoms with E-state index in [1.165, 1.54) is 37.4 Å². The normalized spacial score (nSPS) is 41.4. The van der Waals surface area contributed by atoms with Gasteiger partial charge in [0.15, 0.2) is 0 Å². The number of thioether (sulfide) groups is 2. The van der Waals surface area contributed by atoms with Crippen LogP contribution in [0.2, 0.25) is 0 Å². The molecule has 2 aliphatic rings. The molecule has 2 nitrogen and oxygen atoms in total. The molecule has 0 aromatic rings. The highest BCUT2D eigenvalue weighted by molar-refractivity contribution is 8.00. The maximum Gasteiger partial charge on any atom is 0.0433 e. The van der Waals surface area contributed by atoms with Crippen LogP contribution in [-0.2, 0) is 0 Å². The average Bonchev–Trinajstić information content (AvgIpc) is 2.72. The smallest absolute Gasteiger partial charge is 0.0433 e. The van der Waals surface area contributed by atoms with Crippen LogP contribution >= 0.6 is 23.5 Å². The summed E-state index contributed by atoms with van der Waals surface area (Å²) in [4.78, 5) is 2.70. The number of nitrogens with zero attached hydrogens (tertiary/aromatic N) is 1. The maximum absolute atomic E-state index is 6.09. The molecule has 2 fully saturated rings. The van der Waals surface area contributed by atoms with Crippen LogP contribution in [0.25, 0.3) is 0 Å². The summed E-state index contributed by atoms with van der Waals surface area (Å²) >= 11 is 4.25. The highest BCUT2D eigenvalue weighted by atomic mass is 32.2. The zero-order chi connectivity index (χ0) is 11.6. The highest BCUT2D eigenvalue weighted by Gasteiger charge is 2.43. The third-order valence-electron chi connectivity index (χ3n) is 3.95. The second-order valence-electron chi connectivity index (χ2n) is 5.10. The molecule has 2 aliphatic heterocycles. The van der Waals surface area contributed by atoms with Crippen LogP contribution in [-0.4, -0.2) is 52.1 Å². The molecule has 2 N–H and O–H groups in total. The minimum absolute atomic E-state index is 0.318. The maximum atomic E-state index is 6.09. The zero-order valence-corrected chi connectivity index (χ0v) is 12.1. The van der Waals surface area contributed by atoms with Gasteiger partial charge in [0.1, 0.15) is 0 Å². The van der Waals surface area contributed by atoms with Crippen LogP contribution in [0, 0.1) is 0 Å². The molecule has 2 heterocycles. The molecule has 0 aliphatic carbocycles. The Morgan fingerprint density at radius 1 is 1.44 bits per heavy atom. The minimum atomic E-state index is 0.318. The lowest BCUT2D eigenvalue weighted by Gasteiger charge is -2.44. The second-order valence-corrected chi connectivity index (χ2v) is 7.94. The lowest BCUT2D eigenvalue weighted by Crippen LogP contribution is -2.58. The van der Waals surface area contributed by atoms with Crippen molar-refractivity contribution >= 4 is 23.5 Å². The van der Waals surface area contributed by atoms with Crippen molar-refractivity contribution in [2.45, 2.75) is 42.7 Å². The molecule has 3 unspecified atom stereocenters.